The van der Waals surface area contributed by atoms with Crippen LogP contribution in [-0.2, 0) is 4.74 Å². The molecule has 0 atom stereocenters. The van der Waals surface area contributed by atoms with E-state index in [0.717, 1.165) is 0 Å². The standard InChI is InChI=1S/C11H14N2O4/c1-16-11-8-9(2-3-10(11)13(14)15)12-4-6-17-7-5-12/h2-3,8H,4-7H2,1H3/i1D3. The molecule has 1 fully saturated rings. The molecule has 1 saturated heterocycles. The van der Waals surface area contributed by atoms with Crippen molar-refractivity contribution in [2.45, 2.75) is 0 Å². The molecule has 0 bridgehead atoms. The van der Waals surface area contributed by atoms with Crippen LogP contribution in [0.2, 0.25) is 0 Å². The summed E-state index contributed by atoms with van der Waals surface area (Å²) in [6.45, 7) is 2.41. The lowest BCUT2D eigenvalue weighted by Crippen LogP contribution is -2.36. The predicted octanol–water partition coefficient (Wildman–Crippen LogP) is 1.44. The van der Waals surface area contributed by atoms with E-state index in [1.807, 2.05) is 4.90 Å². The number of benzene rings is 1. The maximum absolute atomic E-state index is 10.9. The first-order chi connectivity index (χ1) is 9.37. The van der Waals surface area contributed by atoms with Crippen LogP contribution < -0.4 is 9.64 Å². The summed E-state index contributed by atoms with van der Waals surface area (Å²) in [6, 6.07) is 4.22. The third-order valence-electron chi connectivity index (χ3n) is 2.63. The molecule has 0 spiro atoms. The lowest BCUT2D eigenvalue weighted by molar-refractivity contribution is -0.385. The average Bonchev–Trinajstić information content (AvgIpc) is 2.37. The number of methoxy groups -OCH3 is 1. The second kappa shape index (κ2) is 5.01. The van der Waals surface area contributed by atoms with Crippen molar-refractivity contribution in [3.8, 4) is 5.75 Å². The fraction of sp³-hybridized carbons (Fsp3) is 0.455. The van der Waals surface area contributed by atoms with Crippen LogP contribution in [0.25, 0.3) is 0 Å². The number of rotatable bonds is 3. The minimum Gasteiger partial charge on any atom is -0.490 e. The topological polar surface area (TPSA) is 64.8 Å². The van der Waals surface area contributed by atoms with Gasteiger partial charge in [0.15, 0.2) is 5.75 Å². The Morgan fingerprint density at radius 2 is 2.29 bits per heavy atom. The summed E-state index contributed by atoms with van der Waals surface area (Å²) in [5.41, 5.74) is 0.316. The summed E-state index contributed by atoms with van der Waals surface area (Å²) in [4.78, 5) is 12.2. The third-order valence-corrected chi connectivity index (χ3v) is 2.63. The van der Waals surface area contributed by atoms with Crippen LogP contribution in [0, 0.1) is 10.1 Å². The zero-order valence-electron chi connectivity index (χ0n) is 12.1. The highest BCUT2D eigenvalue weighted by Gasteiger charge is 2.18. The van der Waals surface area contributed by atoms with E-state index < -0.39 is 12.0 Å². The van der Waals surface area contributed by atoms with E-state index in [1.54, 1.807) is 6.07 Å². The molecule has 0 saturated carbocycles. The van der Waals surface area contributed by atoms with Gasteiger partial charge >= 0.3 is 5.69 Å². The van der Waals surface area contributed by atoms with Gasteiger partial charge in [0.2, 0.25) is 0 Å². The summed E-state index contributed by atoms with van der Waals surface area (Å²) in [6.07, 6.45) is 0. The van der Waals surface area contributed by atoms with Crippen LogP contribution in [0.15, 0.2) is 18.2 Å². The summed E-state index contributed by atoms with van der Waals surface area (Å²) < 4.78 is 31.2. The maximum Gasteiger partial charge on any atom is 0.311 e. The van der Waals surface area contributed by atoms with Gasteiger partial charge in [-0.3, -0.25) is 10.1 Å². The van der Waals surface area contributed by atoms with Crippen molar-refractivity contribution in [1.82, 2.24) is 0 Å². The van der Waals surface area contributed by atoms with Crippen LogP contribution >= 0.6 is 0 Å². The Balaban J connectivity index is 2.31. The molecule has 0 aromatic heterocycles. The molecule has 1 aliphatic heterocycles. The van der Waals surface area contributed by atoms with Crippen LogP contribution in [0.3, 0.4) is 0 Å². The molecule has 0 aliphatic carbocycles. The highest BCUT2D eigenvalue weighted by Crippen LogP contribution is 2.31. The molecule has 0 unspecified atom stereocenters. The van der Waals surface area contributed by atoms with E-state index >= 15 is 0 Å². The lowest BCUT2D eigenvalue weighted by Gasteiger charge is -2.28. The van der Waals surface area contributed by atoms with Crippen molar-refractivity contribution in [3.63, 3.8) is 0 Å². The summed E-state index contributed by atoms with van der Waals surface area (Å²) in [5, 5.41) is 10.9. The van der Waals surface area contributed by atoms with Gasteiger partial charge in [0.1, 0.15) is 0 Å². The number of hydrogen-bond acceptors (Lipinski definition) is 5. The minimum atomic E-state index is -2.73. The van der Waals surface area contributed by atoms with Gasteiger partial charge < -0.3 is 14.4 Å². The molecule has 1 aromatic carbocycles. The number of nitro benzene ring substituents is 1. The molecule has 92 valence electrons. The molecule has 1 aliphatic rings. The normalized spacial score (nSPS) is 19.1. The number of hydrogen-bond donors (Lipinski definition) is 0. The Labute approximate surface area is 103 Å². The van der Waals surface area contributed by atoms with E-state index in [0.29, 0.717) is 32.0 Å². The largest absolute Gasteiger partial charge is 0.490 e. The number of morpholine rings is 1. The Hall–Kier alpha value is -1.82. The van der Waals surface area contributed by atoms with E-state index in [2.05, 4.69) is 0 Å². The molecule has 17 heavy (non-hydrogen) atoms. The fourth-order valence-corrected chi connectivity index (χ4v) is 1.75. The van der Waals surface area contributed by atoms with E-state index in [1.165, 1.54) is 12.1 Å². The van der Waals surface area contributed by atoms with Crippen molar-refractivity contribution >= 4 is 11.4 Å². The smallest absolute Gasteiger partial charge is 0.311 e. The molecule has 1 heterocycles. The van der Waals surface area contributed by atoms with Gasteiger partial charge in [0.25, 0.3) is 0 Å². The van der Waals surface area contributed by atoms with Crippen LogP contribution in [0.4, 0.5) is 11.4 Å². The van der Waals surface area contributed by atoms with Gasteiger partial charge in [0, 0.05) is 30.9 Å². The molecular formula is C11H14N2O4. The number of nitro groups is 1. The predicted molar refractivity (Wildman–Crippen MR) is 62.7 cm³/mol. The Bertz CT molecular complexity index is 501. The van der Waals surface area contributed by atoms with Crippen molar-refractivity contribution in [2.24, 2.45) is 0 Å². The third kappa shape index (κ3) is 2.47. The molecule has 6 nitrogen and oxygen atoms in total. The van der Waals surface area contributed by atoms with E-state index in [-0.39, 0.29) is 11.4 Å². The van der Waals surface area contributed by atoms with Crippen molar-refractivity contribution < 1.29 is 18.5 Å². The second-order valence-corrected chi connectivity index (χ2v) is 3.61. The Kier molecular flexibility index (Phi) is 2.44. The van der Waals surface area contributed by atoms with Gasteiger partial charge in [0.05, 0.1) is 29.3 Å². The number of ether oxygens (including phenoxy) is 2. The van der Waals surface area contributed by atoms with Gasteiger partial charge in [-0.15, -0.1) is 0 Å². The first kappa shape index (κ1) is 8.30. The van der Waals surface area contributed by atoms with Crippen molar-refractivity contribution in [3.05, 3.63) is 28.3 Å². The van der Waals surface area contributed by atoms with Crippen LogP contribution in [0.1, 0.15) is 4.11 Å². The van der Waals surface area contributed by atoms with E-state index in [4.69, 9.17) is 13.6 Å². The molecule has 1 aromatic rings. The molecule has 0 amide bonds. The molecule has 0 radical (unpaired) electrons. The monoisotopic (exact) mass is 241 g/mol. The van der Waals surface area contributed by atoms with Crippen LogP contribution in [0.5, 0.6) is 5.75 Å². The summed E-state index contributed by atoms with van der Waals surface area (Å²) in [7, 11) is -2.73. The number of anilines is 1. The molecule has 0 N–H and O–H groups in total. The fourth-order valence-electron chi connectivity index (χ4n) is 1.75. The van der Waals surface area contributed by atoms with Gasteiger partial charge in [-0.2, -0.15) is 0 Å². The number of nitrogens with zero attached hydrogens (tertiary/aromatic N) is 2. The van der Waals surface area contributed by atoms with E-state index in [9.17, 15) is 10.1 Å². The zero-order chi connectivity index (χ0) is 14.8. The summed E-state index contributed by atoms with van der Waals surface area (Å²) in [5.74, 6) is -0.251. The second-order valence-electron chi connectivity index (χ2n) is 3.61. The zero-order valence-corrected chi connectivity index (χ0v) is 9.09. The van der Waals surface area contributed by atoms with Gasteiger partial charge in [-0.1, -0.05) is 0 Å². The van der Waals surface area contributed by atoms with Crippen molar-refractivity contribution in [2.75, 3.05) is 38.2 Å². The molecular weight excluding hydrogens is 224 g/mol. The first-order valence-electron chi connectivity index (χ1n) is 6.67. The first-order valence-corrected chi connectivity index (χ1v) is 5.17. The van der Waals surface area contributed by atoms with Crippen LogP contribution in [-0.4, -0.2) is 38.3 Å². The Morgan fingerprint density at radius 1 is 1.53 bits per heavy atom. The highest BCUT2D eigenvalue weighted by atomic mass is 16.6. The minimum absolute atomic E-state index is 0.251. The van der Waals surface area contributed by atoms with Crippen molar-refractivity contribution in [1.29, 1.82) is 0 Å². The summed E-state index contributed by atoms with van der Waals surface area (Å²) >= 11 is 0. The quantitative estimate of drug-likeness (QED) is 0.591. The average molecular weight is 241 g/mol. The van der Waals surface area contributed by atoms with Gasteiger partial charge in [-0.25, -0.2) is 0 Å². The molecule has 6 heteroatoms. The molecule has 2 rings (SSSR count). The SMILES string of the molecule is [2H]C([2H])([2H])Oc1cc(N2CCOCC2)ccc1[N+](=O)[O-]. The maximum atomic E-state index is 10.9. The lowest BCUT2D eigenvalue weighted by atomic mass is 10.2. The Morgan fingerprint density at radius 3 is 2.94 bits per heavy atom. The highest BCUT2D eigenvalue weighted by molar-refractivity contribution is 5.59. The van der Waals surface area contributed by atoms with Gasteiger partial charge in [-0.05, 0) is 6.07 Å².